The zero-order valence-electron chi connectivity index (χ0n) is 10.3. The molecule has 0 aromatic heterocycles. The van der Waals surface area contributed by atoms with Gasteiger partial charge in [-0.25, -0.2) is 8.78 Å². The Labute approximate surface area is 116 Å². The molecule has 2 nitrogen and oxygen atoms in total. The molecule has 0 spiro atoms. The van der Waals surface area contributed by atoms with Gasteiger partial charge in [-0.05, 0) is 30.3 Å². The van der Waals surface area contributed by atoms with E-state index in [0.29, 0.717) is 12.1 Å². The number of nitrogens with one attached hydrogen (secondary N) is 1. The summed E-state index contributed by atoms with van der Waals surface area (Å²) in [5.74, 6) is -2.21. The van der Waals surface area contributed by atoms with E-state index in [0.717, 1.165) is 12.1 Å². The molecule has 0 aliphatic heterocycles. The maximum absolute atomic E-state index is 13.4. The summed E-state index contributed by atoms with van der Waals surface area (Å²) in [5.41, 5.74) is -1.89. The smallest absolute Gasteiger partial charge is 0.354 e. The van der Waals surface area contributed by atoms with Crippen molar-refractivity contribution in [1.29, 1.82) is 5.26 Å². The number of benzene rings is 2. The average Bonchev–Trinajstić information content (AvgIpc) is 2.40. The highest BCUT2D eigenvalue weighted by Crippen LogP contribution is 2.34. The van der Waals surface area contributed by atoms with Crippen molar-refractivity contribution in [2.75, 3.05) is 5.32 Å². The molecule has 0 saturated heterocycles. The van der Waals surface area contributed by atoms with E-state index in [9.17, 15) is 22.0 Å². The van der Waals surface area contributed by atoms with Crippen LogP contribution in [0.2, 0.25) is 0 Å². The van der Waals surface area contributed by atoms with Gasteiger partial charge in [0.1, 0.15) is 23.3 Å². The fraction of sp³-hybridized carbons (Fsp3) is 0.0714. The van der Waals surface area contributed by atoms with E-state index in [2.05, 4.69) is 5.32 Å². The molecular formula is C14H7F5N2. The Balaban J connectivity index is 2.42. The monoisotopic (exact) mass is 298 g/mol. The van der Waals surface area contributed by atoms with Crippen molar-refractivity contribution in [2.24, 2.45) is 0 Å². The topological polar surface area (TPSA) is 35.8 Å². The van der Waals surface area contributed by atoms with Crippen molar-refractivity contribution in [3.8, 4) is 6.07 Å². The number of rotatable bonds is 2. The van der Waals surface area contributed by atoms with Gasteiger partial charge in [0, 0.05) is 5.69 Å². The van der Waals surface area contributed by atoms with Crippen LogP contribution in [0.15, 0.2) is 36.4 Å². The summed E-state index contributed by atoms with van der Waals surface area (Å²) in [6.45, 7) is 0. The molecule has 0 fully saturated rings. The minimum atomic E-state index is -4.85. The Kier molecular flexibility index (Phi) is 3.80. The molecular weight excluding hydrogens is 291 g/mol. The first-order valence-corrected chi connectivity index (χ1v) is 5.65. The summed E-state index contributed by atoms with van der Waals surface area (Å²) in [6, 6.07) is 7.56. The van der Waals surface area contributed by atoms with Gasteiger partial charge < -0.3 is 5.32 Å². The number of nitriles is 1. The van der Waals surface area contributed by atoms with Crippen LogP contribution in [0, 0.1) is 23.0 Å². The molecule has 0 saturated carbocycles. The second-order valence-corrected chi connectivity index (χ2v) is 4.09. The van der Waals surface area contributed by atoms with Crippen LogP contribution in [0.5, 0.6) is 0 Å². The maximum atomic E-state index is 13.4. The van der Waals surface area contributed by atoms with E-state index < -0.39 is 23.4 Å². The summed E-state index contributed by atoms with van der Waals surface area (Å²) in [6.07, 6.45) is -4.85. The third-order valence-corrected chi connectivity index (χ3v) is 2.68. The van der Waals surface area contributed by atoms with E-state index in [1.165, 1.54) is 12.1 Å². The molecule has 0 radical (unpaired) electrons. The molecule has 2 aromatic carbocycles. The lowest BCUT2D eigenvalue weighted by Gasteiger charge is -2.12. The van der Waals surface area contributed by atoms with E-state index >= 15 is 0 Å². The fourth-order valence-corrected chi connectivity index (χ4v) is 1.72. The second kappa shape index (κ2) is 5.40. The fourth-order valence-electron chi connectivity index (χ4n) is 1.72. The molecule has 0 aliphatic rings. The molecule has 0 heterocycles. The summed E-state index contributed by atoms with van der Waals surface area (Å²) in [5, 5.41) is 11.3. The Bertz CT molecular complexity index is 716. The Morgan fingerprint density at radius 1 is 1.00 bits per heavy atom. The summed E-state index contributed by atoms with van der Waals surface area (Å²) >= 11 is 0. The van der Waals surface area contributed by atoms with Gasteiger partial charge >= 0.3 is 6.18 Å². The minimum absolute atomic E-state index is 0.00256. The molecule has 2 aromatic rings. The van der Waals surface area contributed by atoms with Crippen LogP contribution >= 0.6 is 0 Å². The number of halogens is 5. The van der Waals surface area contributed by atoms with E-state index in [-0.39, 0.29) is 16.9 Å². The molecule has 0 aliphatic carbocycles. The summed E-state index contributed by atoms with van der Waals surface area (Å²) in [4.78, 5) is 0. The lowest BCUT2D eigenvalue weighted by molar-refractivity contribution is -0.139. The van der Waals surface area contributed by atoms with Crippen molar-refractivity contribution in [3.05, 3.63) is 59.2 Å². The minimum Gasteiger partial charge on any atom is -0.354 e. The second-order valence-electron chi connectivity index (χ2n) is 4.09. The van der Waals surface area contributed by atoms with Crippen LogP contribution in [0.4, 0.5) is 33.3 Å². The highest BCUT2D eigenvalue weighted by atomic mass is 19.4. The molecule has 0 amide bonds. The number of hydrogen-bond acceptors (Lipinski definition) is 2. The molecule has 7 heteroatoms. The first-order valence-electron chi connectivity index (χ1n) is 5.65. The molecule has 0 atom stereocenters. The number of alkyl halides is 3. The number of nitrogens with zero attached hydrogens (tertiary/aromatic N) is 1. The molecule has 108 valence electrons. The van der Waals surface area contributed by atoms with Crippen molar-refractivity contribution in [2.45, 2.75) is 6.18 Å². The molecule has 2 rings (SSSR count). The molecule has 21 heavy (non-hydrogen) atoms. The standard InChI is InChI=1S/C14H7F5N2/c15-11-2-1-3-13(9(11)7-20)21-8-4-5-12(16)10(6-8)14(17,18)19/h1-6,21H. The normalized spacial score (nSPS) is 11.0. The molecule has 1 N–H and O–H groups in total. The van der Waals surface area contributed by atoms with Gasteiger partial charge in [0.15, 0.2) is 0 Å². The first kappa shape index (κ1) is 14.8. The van der Waals surface area contributed by atoms with Crippen LogP contribution in [0.25, 0.3) is 0 Å². The maximum Gasteiger partial charge on any atom is 0.419 e. The summed E-state index contributed by atoms with van der Waals surface area (Å²) < 4.78 is 64.3. The Morgan fingerprint density at radius 3 is 2.33 bits per heavy atom. The molecule has 0 bridgehead atoms. The van der Waals surface area contributed by atoms with Gasteiger partial charge in [0.05, 0.1) is 11.3 Å². The zero-order chi connectivity index (χ0) is 15.6. The van der Waals surface area contributed by atoms with Crippen LogP contribution in [0.1, 0.15) is 11.1 Å². The number of hydrogen-bond donors (Lipinski definition) is 1. The van der Waals surface area contributed by atoms with E-state index in [1.807, 2.05) is 0 Å². The van der Waals surface area contributed by atoms with Crippen LogP contribution in [-0.2, 0) is 6.18 Å². The van der Waals surface area contributed by atoms with Gasteiger partial charge in [0.2, 0.25) is 0 Å². The Morgan fingerprint density at radius 2 is 1.71 bits per heavy atom. The first-order chi connectivity index (χ1) is 9.82. The predicted molar refractivity (Wildman–Crippen MR) is 65.8 cm³/mol. The largest absolute Gasteiger partial charge is 0.419 e. The highest BCUT2D eigenvalue weighted by Gasteiger charge is 2.34. The van der Waals surface area contributed by atoms with Crippen molar-refractivity contribution in [3.63, 3.8) is 0 Å². The van der Waals surface area contributed by atoms with Crippen LogP contribution in [-0.4, -0.2) is 0 Å². The van der Waals surface area contributed by atoms with E-state index in [1.54, 1.807) is 6.07 Å². The lowest BCUT2D eigenvalue weighted by Crippen LogP contribution is -2.08. The van der Waals surface area contributed by atoms with Gasteiger partial charge in [-0.15, -0.1) is 0 Å². The number of anilines is 2. The van der Waals surface area contributed by atoms with Gasteiger partial charge in [-0.1, -0.05) is 6.07 Å². The van der Waals surface area contributed by atoms with Crippen molar-refractivity contribution in [1.82, 2.24) is 0 Å². The van der Waals surface area contributed by atoms with Gasteiger partial charge in [-0.2, -0.15) is 18.4 Å². The highest BCUT2D eigenvalue weighted by molar-refractivity contribution is 5.67. The average molecular weight is 298 g/mol. The van der Waals surface area contributed by atoms with Gasteiger partial charge in [0.25, 0.3) is 0 Å². The van der Waals surface area contributed by atoms with Crippen molar-refractivity contribution >= 4 is 11.4 Å². The predicted octanol–water partition coefficient (Wildman–Crippen LogP) is 4.60. The molecule has 0 unspecified atom stereocenters. The zero-order valence-corrected chi connectivity index (χ0v) is 10.3. The third kappa shape index (κ3) is 3.11. The van der Waals surface area contributed by atoms with E-state index in [4.69, 9.17) is 5.26 Å². The van der Waals surface area contributed by atoms with Crippen LogP contribution in [0.3, 0.4) is 0 Å². The quantitative estimate of drug-likeness (QED) is 0.822. The third-order valence-electron chi connectivity index (χ3n) is 2.68. The SMILES string of the molecule is N#Cc1c(F)cccc1Nc1ccc(F)c(C(F)(F)F)c1. The van der Waals surface area contributed by atoms with Crippen molar-refractivity contribution < 1.29 is 22.0 Å². The van der Waals surface area contributed by atoms with Gasteiger partial charge in [-0.3, -0.25) is 0 Å². The summed E-state index contributed by atoms with van der Waals surface area (Å²) in [7, 11) is 0. The lowest BCUT2D eigenvalue weighted by atomic mass is 10.1. The van der Waals surface area contributed by atoms with Crippen LogP contribution < -0.4 is 5.32 Å². The Hall–Kier alpha value is -2.62.